The van der Waals surface area contributed by atoms with Crippen LogP contribution in [0.5, 0.6) is 0 Å². The molecule has 0 saturated carbocycles. The molecule has 0 bridgehead atoms. The average Bonchev–Trinajstić information content (AvgIpc) is 2.15. The van der Waals surface area contributed by atoms with Gasteiger partial charge in [0.15, 0.2) is 0 Å². The van der Waals surface area contributed by atoms with E-state index in [0.29, 0.717) is 12.5 Å². The molecule has 0 aromatic carbocycles. The third-order valence-electron chi connectivity index (χ3n) is 2.42. The normalized spacial score (nSPS) is 14.9. The van der Waals surface area contributed by atoms with Crippen LogP contribution in [0.1, 0.15) is 53.4 Å². The highest BCUT2D eigenvalue weighted by Crippen LogP contribution is 2.10. The van der Waals surface area contributed by atoms with Gasteiger partial charge < -0.3 is 4.74 Å². The summed E-state index contributed by atoms with van der Waals surface area (Å²) in [7, 11) is 0. The fourth-order valence-electron chi connectivity index (χ4n) is 1.49. The van der Waals surface area contributed by atoms with Crippen molar-refractivity contribution < 1.29 is 9.53 Å². The number of ether oxygens (including phenoxy) is 1. The van der Waals surface area contributed by atoms with Gasteiger partial charge in [0.05, 0.1) is 12.5 Å². The highest BCUT2D eigenvalue weighted by Gasteiger charge is 2.14. The summed E-state index contributed by atoms with van der Waals surface area (Å²) in [5.74, 6) is 0.529. The SMILES string of the molecule is CCC[C@@H](C)COC(=O)[C@H](C)CCC. The third-order valence-corrected chi connectivity index (χ3v) is 2.42. The van der Waals surface area contributed by atoms with Crippen molar-refractivity contribution in [1.29, 1.82) is 0 Å². The largest absolute Gasteiger partial charge is 0.465 e. The molecule has 0 radical (unpaired) electrons. The molecule has 2 atom stereocenters. The molecule has 0 fully saturated rings. The average molecular weight is 200 g/mol. The Labute approximate surface area is 88.0 Å². The van der Waals surface area contributed by atoms with Crippen molar-refractivity contribution in [2.75, 3.05) is 6.61 Å². The molecule has 0 aromatic heterocycles. The molecular formula is C12H24O2. The molecule has 0 N–H and O–H groups in total. The molecule has 0 amide bonds. The van der Waals surface area contributed by atoms with Crippen molar-refractivity contribution in [3.63, 3.8) is 0 Å². The number of carbonyl (C=O) groups excluding carboxylic acids is 1. The van der Waals surface area contributed by atoms with Gasteiger partial charge in [-0.2, -0.15) is 0 Å². The molecule has 0 aromatic rings. The van der Waals surface area contributed by atoms with Gasteiger partial charge in [0.1, 0.15) is 0 Å². The Morgan fingerprint density at radius 3 is 2.21 bits per heavy atom. The molecule has 0 aliphatic carbocycles. The van der Waals surface area contributed by atoms with Gasteiger partial charge in [0.25, 0.3) is 0 Å². The predicted molar refractivity (Wildman–Crippen MR) is 59.1 cm³/mol. The molecule has 0 rings (SSSR count). The topological polar surface area (TPSA) is 26.3 Å². The van der Waals surface area contributed by atoms with Crippen LogP contribution in [0.2, 0.25) is 0 Å². The fourth-order valence-corrected chi connectivity index (χ4v) is 1.49. The van der Waals surface area contributed by atoms with Gasteiger partial charge >= 0.3 is 5.97 Å². The summed E-state index contributed by atoms with van der Waals surface area (Å²) >= 11 is 0. The molecule has 0 aliphatic heterocycles. The van der Waals surface area contributed by atoms with Crippen LogP contribution in [0.15, 0.2) is 0 Å². The van der Waals surface area contributed by atoms with Gasteiger partial charge in [-0.05, 0) is 18.8 Å². The second-order valence-corrected chi connectivity index (χ2v) is 4.21. The van der Waals surface area contributed by atoms with Gasteiger partial charge in [-0.15, -0.1) is 0 Å². The number of esters is 1. The number of rotatable bonds is 7. The van der Waals surface area contributed by atoms with Crippen molar-refractivity contribution in [3.8, 4) is 0 Å². The Kier molecular flexibility index (Phi) is 7.54. The quantitative estimate of drug-likeness (QED) is 0.589. The van der Waals surface area contributed by atoms with Crippen molar-refractivity contribution >= 4 is 5.97 Å². The molecule has 0 aliphatic rings. The summed E-state index contributed by atoms with van der Waals surface area (Å²) < 4.78 is 5.23. The lowest BCUT2D eigenvalue weighted by molar-refractivity contribution is -0.149. The number of hydrogen-bond acceptors (Lipinski definition) is 2. The smallest absolute Gasteiger partial charge is 0.308 e. The zero-order chi connectivity index (χ0) is 11.0. The van der Waals surface area contributed by atoms with Crippen LogP contribution in [-0.4, -0.2) is 12.6 Å². The minimum absolute atomic E-state index is 0.0326. The zero-order valence-corrected chi connectivity index (χ0v) is 10.0. The lowest BCUT2D eigenvalue weighted by atomic mass is 10.1. The van der Waals surface area contributed by atoms with E-state index >= 15 is 0 Å². The first-order chi connectivity index (χ1) is 6.61. The Hall–Kier alpha value is -0.530. The van der Waals surface area contributed by atoms with Gasteiger partial charge in [-0.25, -0.2) is 0 Å². The molecule has 14 heavy (non-hydrogen) atoms. The lowest BCUT2D eigenvalue weighted by Crippen LogP contribution is -2.18. The monoisotopic (exact) mass is 200 g/mol. The predicted octanol–water partition coefficient (Wildman–Crippen LogP) is 3.40. The standard InChI is InChI=1S/C12H24O2/c1-5-7-10(3)9-14-12(13)11(4)8-6-2/h10-11H,5-9H2,1-4H3/t10-,11-/m1/s1. The van der Waals surface area contributed by atoms with Crippen LogP contribution in [0.25, 0.3) is 0 Å². The van der Waals surface area contributed by atoms with E-state index in [1.165, 1.54) is 0 Å². The summed E-state index contributed by atoms with van der Waals surface area (Å²) in [6.45, 7) is 8.89. The Balaban J connectivity index is 3.61. The first kappa shape index (κ1) is 13.5. The minimum Gasteiger partial charge on any atom is -0.465 e. The highest BCUT2D eigenvalue weighted by atomic mass is 16.5. The second-order valence-electron chi connectivity index (χ2n) is 4.21. The maximum Gasteiger partial charge on any atom is 0.308 e. The van der Waals surface area contributed by atoms with E-state index in [9.17, 15) is 4.79 Å². The van der Waals surface area contributed by atoms with Crippen LogP contribution in [0, 0.1) is 11.8 Å². The summed E-state index contributed by atoms with van der Waals surface area (Å²) in [5, 5.41) is 0. The lowest BCUT2D eigenvalue weighted by Gasteiger charge is -2.13. The van der Waals surface area contributed by atoms with Crippen LogP contribution >= 0.6 is 0 Å². The van der Waals surface area contributed by atoms with Gasteiger partial charge in [-0.1, -0.05) is 40.5 Å². The molecular weight excluding hydrogens is 176 g/mol. The van der Waals surface area contributed by atoms with Crippen molar-refractivity contribution in [3.05, 3.63) is 0 Å². The Morgan fingerprint density at radius 1 is 1.14 bits per heavy atom. The summed E-state index contributed by atoms with van der Waals surface area (Å²) in [4.78, 5) is 11.4. The van der Waals surface area contributed by atoms with Gasteiger partial charge in [-0.3, -0.25) is 4.79 Å². The fraction of sp³-hybridized carbons (Fsp3) is 0.917. The van der Waals surface area contributed by atoms with E-state index in [0.717, 1.165) is 25.7 Å². The van der Waals surface area contributed by atoms with E-state index in [2.05, 4.69) is 20.8 Å². The van der Waals surface area contributed by atoms with Crippen molar-refractivity contribution in [2.45, 2.75) is 53.4 Å². The molecule has 0 heterocycles. The zero-order valence-electron chi connectivity index (χ0n) is 10.0. The van der Waals surface area contributed by atoms with E-state index < -0.39 is 0 Å². The Morgan fingerprint density at radius 2 is 1.71 bits per heavy atom. The number of carbonyl (C=O) groups is 1. The van der Waals surface area contributed by atoms with E-state index in [4.69, 9.17) is 4.74 Å². The maximum atomic E-state index is 11.4. The molecule has 2 heteroatoms. The molecule has 2 nitrogen and oxygen atoms in total. The van der Waals surface area contributed by atoms with Crippen LogP contribution < -0.4 is 0 Å². The summed E-state index contributed by atoms with van der Waals surface area (Å²) in [6, 6.07) is 0. The van der Waals surface area contributed by atoms with Crippen molar-refractivity contribution in [2.24, 2.45) is 11.8 Å². The van der Waals surface area contributed by atoms with E-state index in [1.807, 2.05) is 6.92 Å². The van der Waals surface area contributed by atoms with Gasteiger partial charge in [0, 0.05) is 0 Å². The summed E-state index contributed by atoms with van der Waals surface area (Å²) in [5.41, 5.74) is 0. The molecule has 0 unspecified atom stereocenters. The molecule has 84 valence electrons. The first-order valence-corrected chi connectivity index (χ1v) is 5.78. The van der Waals surface area contributed by atoms with Crippen LogP contribution in [-0.2, 0) is 9.53 Å². The van der Waals surface area contributed by atoms with Crippen molar-refractivity contribution in [1.82, 2.24) is 0 Å². The summed E-state index contributed by atoms with van der Waals surface area (Å²) in [6.07, 6.45) is 4.26. The molecule has 0 spiro atoms. The second kappa shape index (κ2) is 7.84. The first-order valence-electron chi connectivity index (χ1n) is 5.78. The Bertz CT molecular complexity index is 154. The highest BCUT2D eigenvalue weighted by molar-refractivity contribution is 5.71. The van der Waals surface area contributed by atoms with Gasteiger partial charge in [0.2, 0.25) is 0 Å². The van der Waals surface area contributed by atoms with E-state index in [-0.39, 0.29) is 11.9 Å². The van der Waals surface area contributed by atoms with Crippen LogP contribution in [0.4, 0.5) is 0 Å². The molecule has 0 saturated heterocycles. The minimum atomic E-state index is -0.0326. The maximum absolute atomic E-state index is 11.4. The van der Waals surface area contributed by atoms with E-state index in [1.54, 1.807) is 0 Å². The third kappa shape index (κ3) is 6.01. The van der Waals surface area contributed by atoms with Crippen LogP contribution in [0.3, 0.4) is 0 Å². The number of hydrogen-bond donors (Lipinski definition) is 0.